The lowest BCUT2D eigenvalue weighted by Gasteiger charge is -2.34. The van der Waals surface area contributed by atoms with Crippen LogP contribution in [0, 0.1) is 11.3 Å². The molecule has 0 aliphatic carbocycles. The van der Waals surface area contributed by atoms with Gasteiger partial charge in [0.1, 0.15) is 4.32 Å². The molecule has 7 nitrogen and oxygen atoms in total. The Hall–Kier alpha value is -2.97. The third kappa shape index (κ3) is 4.47. The van der Waals surface area contributed by atoms with Crippen LogP contribution in [-0.2, 0) is 22.3 Å². The number of nitriles is 1. The van der Waals surface area contributed by atoms with Crippen molar-refractivity contribution in [3.8, 4) is 6.07 Å². The van der Waals surface area contributed by atoms with E-state index in [0.717, 1.165) is 5.56 Å². The summed E-state index contributed by atoms with van der Waals surface area (Å²) in [5.74, 6) is 0.364. The molecule has 1 unspecified atom stereocenters. The molecule has 3 aromatic rings. The smallest absolute Gasteiger partial charge is 0.261 e. The summed E-state index contributed by atoms with van der Waals surface area (Å²) in [6.07, 6.45) is 3.41. The van der Waals surface area contributed by atoms with E-state index in [1.54, 1.807) is 41.6 Å². The van der Waals surface area contributed by atoms with Crippen LogP contribution in [0.3, 0.4) is 0 Å². The Morgan fingerprint density at radius 1 is 1.19 bits per heavy atom. The molecule has 0 radical (unpaired) electrons. The van der Waals surface area contributed by atoms with Gasteiger partial charge in [0.25, 0.3) is 10.0 Å². The van der Waals surface area contributed by atoms with E-state index in [2.05, 4.69) is 9.71 Å². The molecular formula is C22H18N4O3S3. The fourth-order valence-electron chi connectivity index (χ4n) is 3.31. The Labute approximate surface area is 195 Å². The molecule has 1 fully saturated rings. The van der Waals surface area contributed by atoms with E-state index < -0.39 is 15.7 Å². The number of aromatic nitrogens is 1. The summed E-state index contributed by atoms with van der Waals surface area (Å²) in [6, 6.07) is 17.9. The van der Waals surface area contributed by atoms with Gasteiger partial charge < -0.3 is 10.0 Å². The molecule has 0 amide bonds. The number of anilines is 1. The number of benzene rings is 2. The minimum absolute atomic E-state index is 0.0550. The Kier molecular flexibility index (Phi) is 6.17. The summed E-state index contributed by atoms with van der Waals surface area (Å²) in [7, 11) is -3.81. The maximum absolute atomic E-state index is 12.6. The van der Waals surface area contributed by atoms with Crippen molar-refractivity contribution in [1.29, 1.82) is 5.26 Å². The summed E-state index contributed by atoms with van der Waals surface area (Å²) in [5, 5.41) is 20.3. The quantitative estimate of drug-likeness (QED) is 0.515. The van der Waals surface area contributed by atoms with Gasteiger partial charge in [-0.3, -0.25) is 9.71 Å². The summed E-state index contributed by atoms with van der Waals surface area (Å²) in [4.78, 5) is 5.92. The van der Waals surface area contributed by atoms with Crippen molar-refractivity contribution in [3.63, 3.8) is 0 Å². The highest BCUT2D eigenvalue weighted by Crippen LogP contribution is 2.40. The number of rotatable bonds is 6. The first-order valence-electron chi connectivity index (χ1n) is 9.51. The van der Waals surface area contributed by atoms with Crippen molar-refractivity contribution in [2.45, 2.75) is 17.2 Å². The molecule has 1 aromatic heterocycles. The predicted octanol–water partition coefficient (Wildman–Crippen LogP) is 3.43. The van der Waals surface area contributed by atoms with Crippen molar-refractivity contribution in [3.05, 3.63) is 89.7 Å². The fourth-order valence-corrected chi connectivity index (χ4v) is 5.78. The number of hydrogen-bond donors (Lipinski definition) is 2. The Morgan fingerprint density at radius 2 is 1.91 bits per heavy atom. The standard InChI is InChI=1S/C22H18N4O3S3/c23-12-16-3-9-20(10-4-16)32(28,29)25-19-7-5-18(6-8-19)22(27)15-31-21(30)26(22)14-17-2-1-11-24-13-17/h1-11,13,25,27H,14-15H2. The molecule has 32 heavy (non-hydrogen) atoms. The molecular weight excluding hydrogens is 464 g/mol. The van der Waals surface area contributed by atoms with Gasteiger partial charge in [-0.25, -0.2) is 8.42 Å². The third-order valence-corrected chi connectivity index (χ3v) is 8.01. The molecule has 10 heteroatoms. The van der Waals surface area contributed by atoms with Gasteiger partial charge in [0.05, 0.1) is 22.3 Å². The largest absolute Gasteiger partial charge is 0.366 e. The monoisotopic (exact) mass is 482 g/mol. The zero-order chi connectivity index (χ0) is 22.8. The molecule has 2 N–H and O–H groups in total. The molecule has 0 spiro atoms. The van der Waals surface area contributed by atoms with Crippen LogP contribution >= 0.6 is 24.0 Å². The summed E-state index contributed by atoms with van der Waals surface area (Å²) in [6.45, 7) is 0.406. The number of sulfonamides is 1. The first-order valence-corrected chi connectivity index (χ1v) is 12.4. The topological polar surface area (TPSA) is 106 Å². The first-order chi connectivity index (χ1) is 15.3. The van der Waals surface area contributed by atoms with Crippen molar-refractivity contribution >= 4 is 44.0 Å². The van der Waals surface area contributed by atoms with Crippen LogP contribution in [0.2, 0.25) is 0 Å². The Morgan fingerprint density at radius 3 is 2.53 bits per heavy atom. The van der Waals surface area contributed by atoms with Gasteiger partial charge in [-0.15, -0.1) is 0 Å². The number of pyridine rings is 1. The van der Waals surface area contributed by atoms with Crippen LogP contribution < -0.4 is 4.72 Å². The molecule has 2 heterocycles. The van der Waals surface area contributed by atoms with Gasteiger partial charge in [-0.2, -0.15) is 5.26 Å². The zero-order valence-electron chi connectivity index (χ0n) is 16.7. The van der Waals surface area contributed by atoms with E-state index in [-0.39, 0.29) is 4.90 Å². The lowest BCUT2D eigenvalue weighted by atomic mass is 10.0. The van der Waals surface area contributed by atoms with Gasteiger partial charge in [0.15, 0.2) is 5.72 Å². The van der Waals surface area contributed by atoms with Crippen LogP contribution in [0.4, 0.5) is 5.69 Å². The first kappa shape index (κ1) is 22.2. The van der Waals surface area contributed by atoms with Gasteiger partial charge >= 0.3 is 0 Å². The van der Waals surface area contributed by atoms with Crippen LogP contribution in [0.1, 0.15) is 16.7 Å². The minimum atomic E-state index is -3.81. The highest BCUT2D eigenvalue weighted by Gasteiger charge is 2.44. The number of nitrogens with zero attached hydrogens (tertiary/aromatic N) is 3. The van der Waals surface area contributed by atoms with Gasteiger partial charge in [-0.1, -0.05) is 42.2 Å². The van der Waals surface area contributed by atoms with Gasteiger partial charge in [-0.05, 0) is 48.0 Å². The molecule has 4 rings (SSSR count). The Balaban J connectivity index is 1.54. The number of nitrogens with one attached hydrogen (secondary N) is 1. The number of aliphatic hydroxyl groups is 1. The van der Waals surface area contributed by atoms with E-state index >= 15 is 0 Å². The van der Waals surface area contributed by atoms with Crippen molar-refractivity contribution in [2.75, 3.05) is 10.5 Å². The summed E-state index contributed by atoms with van der Waals surface area (Å²) < 4.78 is 28.4. The average molecular weight is 483 g/mol. The van der Waals surface area contributed by atoms with E-state index in [1.165, 1.54) is 36.0 Å². The van der Waals surface area contributed by atoms with Crippen LogP contribution in [0.25, 0.3) is 0 Å². The zero-order valence-corrected chi connectivity index (χ0v) is 19.1. The van der Waals surface area contributed by atoms with Crippen molar-refractivity contribution in [2.24, 2.45) is 0 Å². The number of hydrogen-bond acceptors (Lipinski definition) is 7. The Bertz CT molecular complexity index is 1270. The maximum Gasteiger partial charge on any atom is 0.261 e. The summed E-state index contributed by atoms with van der Waals surface area (Å²) >= 11 is 6.85. The third-order valence-electron chi connectivity index (χ3n) is 5.02. The van der Waals surface area contributed by atoms with E-state index in [9.17, 15) is 13.5 Å². The molecule has 2 aromatic carbocycles. The highest BCUT2D eigenvalue weighted by atomic mass is 32.2. The van der Waals surface area contributed by atoms with E-state index in [4.69, 9.17) is 17.5 Å². The lowest BCUT2D eigenvalue weighted by Crippen LogP contribution is -2.44. The molecule has 1 saturated heterocycles. The normalized spacial score (nSPS) is 18.4. The van der Waals surface area contributed by atoms with Crippen LogP contribution in [0.15, 0.2) is 78.0 Å². The molecule has 0 bridgehead atoms. The highest BCUT2D eigenvalue weighted by molar-refractivity contribution is 8.23. The number of thiocarbonyl (C=S) groups is 1. The SMILES string of the molecule is N#Cc1ccc(S(=O)(=O)Nc2ccc(C3(O)CSC(=S)N3Cc3cccnc3)cc2)cc1. The number of thioether (sulfide) groups is 1. The van der Waals surface area contributed by atoms with Crippen molar-refractivity contribution in [1.82, 2.24) is 9.88 Å². The average Bonchev–Trinajstić information content (AvgIpc) is 3.09. The minimum Gasteiger partial charge on any atom is -0.366 e. The molecule has 162 valence electrons. The second-order valence-electron chi connectivity index (χ2n) is 7.14. The predicted molar refractivity (Wildman–Crippen MR) is 127 cm³/mol. The molecule has 1 atom stereocenters. The van der Waals surface area contributed by atoms with Crippen molar-refractivity contribution < 1.29 is 13.5 Å². The maximum atomic E-state index is 12.6. The van der Waals surface area contributed by atoms with E-state index in [0.29, 0.717) is 33.4 Å². The van der Waals surface area contributed by atoms with Gasteiger partial charge in [0.2, 0.25) is 0 Å². The summed E-state index contributed by atoms with van der Waals surface area (Å²) in [5.41, 5.74) is 0.943. The molecule has 0 saturated carbocycles. The molecule has 1 aliphatic rings. The fraction of sp³-hybridized carbons (Fsp3) is 0.136. The second-order valence-corrected chi connectivity index (χ2v) is 10.4. The van der Waals surface area contributed by atoms with Crippen LogP contribution in [0.5, 0.6) is 0 Å². The second kappa shape index (κ2) is 8.88. The van der Waals surface area contributed by atoms with E-state index in [1.807, 2.05) is 18.2 Å². The van der Waals surface area contributed by atoms with Crippen LogP contribution in [-0.4, -0.2) is 33.5 Å². The molecule has 1 aliphatic heterocycles. The lowest BCUT2D eigenvalue weighted by molar-refractivity contribution is -0.0508. The van der Waals surface area contributed by atoms with Gasteiger partial charge in [0, 0.05) is 30.2 Å².